The van der Waals surface area contributed by atoms with E-state index in [1.165, 1.54) is 0 Å². The van der Waals surface area contributed by atoms with Crippen molar-refractivity contribution in [3.8, 4) is 0 Å². The van der Waals surface area contributed by atoms with Crippen LogP contribution in [-0.4, -0.2) is 29.3 Å². The molecular formula is C7H12ClNO. The van der Waals surface area contributed by atoms with Gasteiger partial charge in [0, 0.05) is 13.1 Å². The molecule has 58 valence electrons. The molecule has 1 aliphatic rings. The van der Waals surface area contributed by atoms with Gasteiger partial charge in [0.25, 0.3) is 0 Å². The van der Waals surface area contributed by atoms with E-state index in [1.54, 1.807) is 4.90 Å². The minimum atomic E-state index is -0.237. The molecule has 0 radical (unpaired) electrons. The molecule has 1 rings (SSSR count). The normalized spacial score (nSPS) is 25.4. The fourth-order valence-electron chi connectivity index (χ4n) is 1.05. The van der Waals surface area contributed by atoms with Gasteiger partial charge in [-0.25, -0.2) is 0 Å². The van der Waals surface area contributed by atoms with E-state index in [1.807, 2.05) is 0 Å². The second kappa shape index (κ2) is 2.79. The minimum absolute atomic E-state index is 0.0929. The third-order valence-electron chi connectivity index (χ3n) is 1.55. The van der Waals surface area contributed by atoms with E-state index >= 15 is 0 Å². The Labute approximate surface area is 66.1 Å². The molecule has 0 bridgehead atoms. The molecule has 1 atom stereocenters. The molecule has 1 fully saturated rings. The summed E-state index contributed by atoms with van der Waals surface area (Å²) in [5.74, 6) is 0.642. The number of likely N-dealkylation sites (tertiary alicyclic amines) is 1. The van der Waals surface area contributed by atoms with E-state index in [9.17, 15) is 4.79 Å². The standard InChI is InChI=1S/C7H12ClNO/c1-5(2)3-9-4-6(8)7(9)10/h5-6H,3-4H2,1-2H3. The van der Waals surface area contributed by atoms with Crippen LogP contribution in [0.25, 0.3) is 0 Å². The van der Waals surface area contributed by atoms with Gasteiger partial charge < -0.3 is 4.90 Å². The van der Waals surface area contributed by atoms with Crippen LogP contribution in [0, 0.1) is 5.92 Å². The Morgan fingerprint density at radius 3 is 2.70 bits per heavy atom. The SMILES string of the molecule is CC(C)CN1CC(Cl)C1=O. The van der Waals surface area contributed by atoms with Crippen molar-refractivity contribution in [1.29, 1.82) is 0 Å². The van der Waals surface area contributed by atoms with Crippen molar-refractivity contribution >= 4 is 17.5 Å². The first-order valence-electron chi connectivity index (χ1n) is 3.54. The maximum Gasteiger partial charge on any atom is 0.242 e. The number of amides is 1. The van der Waals surface area contributed by atoms with Crippen LogP contribution in [0.1, 0.15) is 13.8 Å². The maximum atomic E-state index is 10.9. The van der Waals surface area contributed by atoms with Gasteiger partial charge in [0.15, 0.2) is 0 Å². The summed E-state index contributed by atoms with van der Waals surface area (Å²) in [5, 5.41) is -0.237. The van der Waals surface area contributed by atoms with Crippen molar-refractivity contribution in [1.82, 2.24) is 4.90 Å². The van der Waals surface area contributed by atoms with Crippen molar-refractivity contribution in [3.63, 3.8) is 0 Å². The third kappa shape index (κ3) is 1.43. The van der Waals surface area contributed by atoms with E-state index < -0.39 is 0 Å². The lowest BCUT2D eigenvalue weighted by atomic mass is 10.1. The quantitative estimate of drug-likeness (QED) is 0.439. The lowest BCUT2D eigenvalue weighted by Gasteiger charge is -2.36. The second-order valence-electron chi connectivity index (χ2n) is 3.10. The zero-order chi connectivity index (χ0) is 7.72. The third-order valence-corrected chi connectivity index (χ3v) is 1.87. The molecule has 1 heterocycles. The van der Waals surface area contributed by atoms with E-state index in [-0.39, 0.29) is 11.3 Å². The number of rotatable bonds is 2. The van der Waals surface area contributed by atoms with Gasteiger partial charge in [-0.3, -0.25) is 4.79 Å². The van der Waals surface area contributed by atoms with Crippen LogP contribution in [0.15, 0.2) is 0 Å². The number of hydrogen-bond donors (Lipinski definition) is 0. The van der Waals surface area contributed by atoms with Gasteiger partial charge in [0.05, 0.1) is 0 Å². The van der Waals surface area contributed by atoms with Crippen LogP contribution in [0.5, 0.6) is 0 Å². The predicted octanol–water partition coefficient (Wildman–Crippen LogP) is 1.09. The van der Waals surface area contributed by atoms with Crippen LogP contribution in [0.2, 0.25) is 0 Å². The fourth-order valence-corrected chi connectivity index (χ4v) is 1.36. The second-order valence-corrected chi connectivity index (χ2v) is 3.63. The highest BCUT2D eigenvalue weighted by atomic mass is 35.5. The first-order chi connectivity index (χ1) is 4.61. The van der Waals surface area contributed by atoms with Crippen LogP contribution >= 0.6 is 11.6 Å². The van der Waals surface area contributed by atoms with Crippen LogP contribution in [-0.2, 0) is 4.79 Å². The van der Waals surface area contributed by atoms with Gasteiger partial charge in [-0.1, -0.05) is 13.8 Å². The number of hydrogen-bond acceptors (Lipinski definition) is 1. The number of carbonyl (C=O) groups is 1. The molecule has 0 aliphatic carbocycles. The summed E-state index contributed by atoms with van der Waals surface area (Å²) >= 11 is 5.59. The fraction of sp³-hybridized carbons (Fsp3) is 0.857. The summed E-state index contributed by atoms with van der Waals surface area (Å²) in [6.07, 6.45) is 0. The summed E-state index contributed by atoms with van der Waals surface area (Å²) < 4.78 is 0. The summed E-state index contributed by atoms with van der Waals surface area (Å²) in [4.78, 5) is 12.7. The minimum Gasteiger partial charge on any atom is -0.339 e. The summed E-state index contributed by atoms with van der Waals surface area (Å²) in [5.41, 5.74) is 0. The highest BCUT2D eigenvalue weighted by Gasteiger charge is 2.34. The topological polar surface area (TPSA) is 20.3 Å². The molecule has 1 saturated heterocycles. The molecule has 0 aromatic carbocycles. The van der Waals surface area contributed by atoms with E-state index in [0.717, 1.165) is 13.1 Å². The molecule has 1 unspecified atom stereocenters. The van der Waals surface area contributed by atoms with E-state index in [2.05, 4.69) is 13.8 Å². The first-order valence-corrected chi connectivity index (χ1v) is 3.97. The van der Waals surface area contributed by atoms with Gasteiger partial charge in [0.2, 0.25) is 5.91 Å². The van der Waals surface area contributed by atoms with Crippen molar-refractivity contribution in [2.45, 2.75) is 19.2 Å². The molecule has 3 heteroatoms. The summed E-state index contributed by atoms with van der Waals surface area (Å²) in [6.45, 7) is 5.77. The van der Waals surface area contributed by atoms with Gasteiger partial charge >= 0.3 is 0 Å². The van der Waals surface area contributed by atoms with Gasteiger partial charge in [-0.05, 0) is 5.92 Å². The van der Waals surface area contributed by atoms with Crippen LogP contribution < -0.4 is 0 Å². The van der Waals surface area contributed by atoms with Crippen LogP contribution in [0.3, 0.4) is 0 Å². The molecule has 1 amide bonds. The van der Waals surface area contributed by atoms with Crippen molar-refractivity contribution in [2.24, 2.45) is 5.92 Å². The Balaban J connectivity index is 2.27. The summed E-state index contributed by atoms with van der Waals surface area (Å²) in [6, 6.07) is 0. The lowest BCUT2D eigenvalue weighted by molar-refractivity contribution is -0.139. The zero-order valence-corrected chi connectivity index (χ0v) is 7.06. The molecule has 0 N–H and O–H groups in total. The maximum absolute atomic E-state index is 10.9. The highest BCUT2D eigenvalue weighted by Crippen LogP contribution is 2.16. The Kier molecular flexibility index (Phi) is 2.19. The van der Waals surface area contributed by atoms with Gasteiger partial charge in [0.1, 0.15) is 5.38 Å². The smallest absolute Gasteiger partial charge is 0.242 e. The molecule has 10 heavy (non-hydrogen) atoms. The average Bonchev–Trinajstić information content (AvgIpc) is 1.86. The zero-order valence-electron chi connectivity index (χ0n) is 6.30. The van der Waals surface area contributed by atoms with E-state index in [4.69, 9.17) is 11.6 Å². The van der Waals surface area contributed by atoms with Crippen molar-refractivity contribution in [2.75, 3.05) is 13.1 Å². The van der Waals surface area contributed by atoms with Crippen molar-refractivity contribution in [3.05, 3.63) is 0 Å². The predicted molar refractivity (Wildman–Crippen MR) is 41.1 cm³/mol. The number of carbonyl (C=O) groups excluding carboxylic acids is 1. The lowest BCUT2D eigenvalue weighted by Crippen LogP contribution is -2.54. The number of alkyl halides is 1. The van der Waals surface area contributed by atoms with Crippen molar-refractivity contribution < 1.29 is 4.79 Å². The van der Waals surface area contributed by atoms with E-state index in [0.29, 0.717) is 5.92 Å². The number of β-lactam (4-membered cyclic amide) rings is 1. The average molecular weight is 162 g/mol. The Bertz CT molecular complexity index is 147. The van der Waals surface area contributed by atoms with Crippen LogP contribution in [0.4, 0.5) is 0 Å². The monoisotopic (exact) mass is 161 g/mol. The molecule has 0 aromatic heterocycles. The summed E-state index contributed by atoms with van der Waals surface area (Å²) in [7, 11) is 0. The highest BCUT2D eigenvalue weighted by molar-refractivity contribution is 6.33. The number of nitrogens with zero attached hydrogens (tertiary/aromatic N) is 1. The Hall–Kier alpha value is -0.240. The molecule has 2 nitrogen and oxygen atoms in total. The number of halogens is 1. The van der Waals surface area contributed by atoms with Gasteiger partial charge in [-0.2, -0.15) is 0 Å². The molecule has 0 spiro atoms. The molecule has 0 aromatic rings. The molecular weight excluding hydrogens is 150 g/mol. The first kappa shape index (κ1) is 7.86. The molecule has 1 aliphatic heterocycles. The Morgan fingerprint density at radius 1 is 1.80 bits per heavy atom. The largest absolute Gasteiger partial charge is 0.339 e. The Morgan fingerprint density at radius 2 is 2.40 bits per heavy atom. The van der Waals surface area contributed by atoms with Gasteiger partial charge in [-0.15, -0.1) is 11.6 Å². The molecule has 0 saturated carbocycles.